The van der Waals surface area contributed by atoms with Crippen LogP contribution in [0.1, 0.15) is 25.7 Å². The van der Waals surface area contributed by atoms with Crippen molar-refractivity contribution in [2.75, 3.05) is 26.7 Å². The van der Waals surface area contributed by atoms with Crippen LogP contribution >= 0.6 is 0 Å². The Balaban J connectivity index is 2.41. The summed E-state index contributed by atoms with van der Waals surface area (Å²) in [6.45, 7) is 1.16. The van der Waals surface area contributed by atoms with Crippen molar-refractivity contribution in [1.29, 1.82) is 0 Å². The Bertz CT molecular complexity index is 281. The van der Waals surface area contributed by atoms with E-state index in [9.17, 15) is 18.0 Å². The number of rotatable bonds is 4. The molecule has 7 heteroatoms. The van der Waals surface area contributed by atoms with Crippen LogP contribution in [0.15, 0.2) is 0 Å². The number of halogens is 3. The average molecular weight is 268 g/mol. The van der Waals surface area contributed by atoms with Gasteiger partial charge in [0.2, 0.25) is 5.91 Å². The Morgan fingerprint density at radius 2 is 1.94 bits per heavy atom. The molecular weight excluding hydrogens is 249 g/mol. The van der Waals surface area contributed by atoms with Crippen LogP contribution < -0.4 is 5.73 Å². The lowest BCUT2D eigenvalue weighted by molar-refractivity contribution is -0.151. The predicted molar refractivity (Wildman–Crippen MR) is 59.9 cm³/mol. The van der Waals surface area contributed by atoms with Crippen LogP contribution in [0, 0.1) is 0 Å². The van der Waals surface area contributed by atoms with E-state index in [1.165, 1.54) is 4.90 Å². The molecule has 0 aromatic rings. The number of hydrogen-bond donors (Lipinski definition) is 1. The molecule has 106 valence electrons. The molecule has 1 saturated heterocycles. The van der Waals surface area contributed by atoms with Gasteiger partial charge in [-0.2, -0.15) is 13.2 Å². The van der Waals surface area contributed by atoms with Gasteiger partial charge in [-0.3, -0.25) is 4.79 Å². The van der Waals surface area contributed by atoms with Gasteiger partial charge in [-0.05, 0) is 12.8 Å². The van der Waals surface area contributed by atoms with E-state index in [-0.39, 0.29) is 0 Å². The predicted octanol–water partition coefficient (Wildman–Crippen LogP) is 1.30. The molecule has 0 unspecified atom stereocenters. The summed E-state index contributed by atoms with van der Waals surface area (Å²) in [5, 5.41) is 0. The number of carbonyl (C=O) groups is 1. The van der Waals surface area contributed by atoms with Gasteiger partial charge in [0.25, 0.3) is 0 Å². The lowest BCUT2D eigenvalue weighted by Crippen LogP contribution is -2.51. The fourth-order valence-electron chi connectivity index (χ4n) is 2.06. The Morgan fingerprint density at radius 3 is 2.33 bits per heavy atom. The normalized spacial score (nSPS) is 19.9. The Hall–Kier alpha value is -0.820. The van der Waals surface area contributed by atoms with Gasteiger partial charge in [-0.25, -0.2) is 0 Å². The summed E-state index contributed by atoms with van der Waals surface area (Å²) in [6.07, 6.45) is -4.69. The topological polar surface area (TPSA) is 55.6 Å². The summed E-state index contributed by atoms with van der Waals surface area (Å²) >= 11 is 0. The maximum Gasteiger partial charge on any atom is 0.389 e. The first-order chi connectivity index (χ1) is 8.32. The van der Waals surface area contributed by atoms with Crippen molar-refractivity contribution in [3.63, 3.8) is 0 Å². The quantitative estimate of drug-likeness (QED) is 0.836. The molecule has 0 bridgehead atoms. The number of carbonyl (C=O) groups excluding carboxylic acids is 1. The highest BCUT2D eigenvalue weighted by molar-refractivity contribution is 5.76. The SMILES string of the molecule is COC1(CN)CCN(C(=O)CCC(F)(F)F)CC1. The number of ether oxygens (including phenoxy) is 1. The maximum absolute atomic E-state index is 12.0. The highest BCUT2D eigenvalue weighted by Crippen LogP contribution is 2.26. The Kier molecular flexibility index (Phi) is 4.98. The maximum atomic E-state index is 12.0. The van der Waals surface area contributed by atoms with Gasteiger partial charge >= 0.3 is 6.18 Å². The third-order valence-electron chi connectivity index (χ3n) is 3.45. The largest absolute Gasteiger partial charge is 0.389 e. The lowest BCUT2D eigenvalue weighted by Gasteiger charge is -2.40. The molecule has 0 aliphatic carbocycles. The van der Waals surface area contributed by atoms with E-state index in [1.807, 2.05) is 0 Å². The van der Waals surface area contributed by atoms with Crippen molar-refractivity contribution < 1.29 is 22.7 Å². The molecule has 0 spiro atoms. The lowest BCUT2D eigenvalue weighted by atomic mass is 9.91. The first-order valence-electron chi connectivity index (χ1n) is 5.92. The van der Waals surface area contributed by atoms with E-state index in [0.717, 1.165) is 0 Å². The Morgan fingerprint density at radius 1 is 1.39 bits per heavy atom. The van der Waals surface area contributed by atoms with E-state index >= 15 is 0 Å². The summed E-state index contributed by atoms with van der Waals surface area (Å²) in [7, 11) is 1.56. The van der Waals surface area contributed by atoms with Crippen LogP contribution in [0.2, 0.25) is 0 Å². The van der Waals surface area contributed by atoms with Gasteiger partial charge in [0, 0.05) is 33.2 Å². The number of piperidine rings is 1. The van der Waals surface area contributed by atoms with Crippen molar-refractivity contribution >= 4 is 5.91 Å². The second-order valence-electron chi connectivity index (χ2n) is 4.59. The molecule has 1 amide bonds. The smallest absolute Gasteiger partial charge is 0.377 e. The molecule has 18 heavy (non-hydrogen) atoms. The first kappa shape index (κ1) is 15.2. The summed E-state index contributed by atoms with van der Waals surface area (Å²) in [5.74, 6) is -0.450. The molecule has 2 N–H and O–H groups in total. The summed E-state index contributed by atoms with van der Waals surface area (Å²) < 4.78 is 41.4. The number of nitrogens with zero attached hydrogens (tertiary/aromatic N) is 1. The minimum Gasteiger partial charge on any atom is -0.377 e. The zero-order valence-corrected chi connectivity index (χ0v) is 10.4. The number of nitrogens with two attached hydrogens (primary N) is 1. The number of methoxy groups -OCH3 is 1. The van der Waals surface area contributed by atoms with Gasteiger partial charge in [-0.15, -0.1) is 0 Å². The average Bonchev–Trinajstić information content (AvgIpc) is 2.35. The van der Waals surface area contributed by atoms with Gasteiger partial charge < -0.3 is 15.4 Å². The highest BCUT2D eigenvalue weighted by atomic mass is 19.4. The van der Waals surface area contributed by atoms with Crippen molar-refractivity contribution in [3.8, 4) is 0 Å². The second kappa shape index (κ2) is 5.88. The van der Waals surface area contributed by atoms with Crippen molar-refractivity contribution in [3.05, 3.63) is 0 Å². The third kappa shape index (κ3) is 4.13. The van der Waals surface area contributed by atoms with Crippen LogP contribution in [0.5, 0.6) is 0 Å². The number of hydrogen-bond acceptors (Lipinski definition) is 3. The standard InChI is InChI=1S/C11H19F3N2O2/c1-18-10(8-15)4-6-16(7-5-10)9(17)2-3-11(12,13)14/h2-8,15H2,1H3. The zero-order valence-electron chi connectivity index (χ0n) is 10.4. The van der Waals surface area contributed by atoms with Crippen LogP contribution in [-0.2, 0) is 9.53 Å². The third-order valence-corrected chi connectivity index (χ3v) is 3.45. The van der Waals surface area contributed by atoms with E-state index in [2.05, 4.69) is 0 Å². The molecule has 1 rings (SSSR count). The molecule has 0 aromatic carbocycles. The number of amides is 1. The summed E-state index contributed by atoms with van der Waals surface area (Å²) in [4.78, 5) is 13.0. The van der Waals surface area contributed by atoms with Gasteiger partial charge in [0.1, 0.15) is 0 Å². The minimum atomic E-state index is -4.28. The van der Waals surface area contributed by atoms with Gasteiger partial charge in [-0.1, -0.05) is 0 Å². The van der Waals surface area contributed by atoms with Crippen LogP contribution in [0.4, 0.5) is 13.2 Å². The fourth-order valence-corrected chi connectivity index (χ4v) is 2.06. The van der Waals surface area contributed by atoms with Crippen LogP contribution in [0.25, 0.3) is 0 Å². The van der Waals surface area contributed by atoms with Crippen molar-refractivity contribution in [2.24, 2.45) is 5.73 Å². The summed E-state index contributed by atoms with van der Waals surface area (Å²) in [6, 6.07) is 0. The monoisotopic (exact) mass is 268 g/mol. The van der Waals surface area contributed by atoms with Crippen molar-refractivity contribution in [1.82, 2.24) is 4.90 Å². The fraction of sp³-hybridized carbons (Fsp3) is 0.909. The molecule has 1 heterocycles. The van der Waals surface area contributed by atoms with E-state index in [1.54, 1.807) is 7.11 Å². The minimum absolute atomic E-state index is 0.355. The molecule has 1 aliphatic heterocycles. The number of likely N-dealkylation sites (tertiary alicyclic amines) is 1. The summed E-state index contributed by atoms with van der Waals surface area (Å²) in [5.41, 5.74) is 5.18. The number of alkyl halides is 3. The molecular formula is C11H19F3N2O2. The van der Waals surface area contributed by atoms with Crippen LogP contribution in [0.3, 0.4) is 0 Å². The molecule has 1 aliphatic rings. The molecule has 1 fully saturated rings. The molecule has 0 saturated carbocycles. The molecule has 4 nitrogen and oxygen atoms in total. The second-order valence-corrected chi connectivity index (χ2v) is 4.59. The van der Waals surface area contributed by atoms with Crippen LogP contribution in [-0.4, -0.2) is 49.3 Å². The van der Waals surface area contributed by atoms with Crippen molar-refractivity contribution in [2.45, 2.75) is 37.5 Å². The molecule has 0 radical (unpaired) electrons. The van der Waals surface area contributed by atoms with Gasteiger partial charge in [0.15, 0.2) is 0 Å². The van der Waals surface area contributed by atoms with Gasteiger partial charge in [0.05, 0.1) is 12.0 Å². The molecule has 0 atom stereocenters. The molecule has 0 aromatic heterocycles. The zero-order chi connectivity index (χ0) is 13.8. The van der Waals surface area contributed by atoms with E-state index in [4.69, 9.17) is 10.5 Å². The van der Waals surface area contributed by atoms with E-state index in [0.29, 0.717) is 32.5 Å². The van der Waals surface area contributed by atoms with E-state index < -0.39 is 30.5 Å². The highest BCUT2D eigenvalue weighted by Gasteiger charge is 2.35. The first-order valence-corrected chi connectivity index (χ1v) is 5.92. The Labute approximate surface area is 104 Å².